The number of ether oxygens (including phenoxy) is 1. The number of hydrogen-bond donors (Lipinski definition) is 4. The van der Waals surface area contributed by atoms with Crippen LogP contribution in [0.1, 0.15) is 31.7 Å². The minimum absolute atomic E-state index is 0.129. The number of nitrogen functional groups attached to an aromatic ring is 1. The molecule has 0 saturated heterocycles. The fraction of sp³-hybridized carbons (Fsp3) is 0.524. The number of thiazole rings is 1. The Balaban J connectivity index is 1.73. The van der Waals surface area contributed by atoms with Crippen LogP contribution in [0.2, 0.25) is 0 Å². The van der Waals surface area contributed by atoms with Crippen LogP contribution in [0, 0.1) is 19.8 Å². The Hall–Kier alpha value is -2.40. The Morgan fingerprint density at radius 3 is 2.58 bits per heavy atom. The fourth-order valence-electron chi connectivity index (χ4n) is 4.24. The average molecular weight is 445 g/mol. The first-order chi connectivity index (χ1) is 14.6. The number of fused-ring (bicyclic) bond motifs is 1. The second kappa shape index (κ2) is 7.94. The topological polar surface area (TPSA) is 139 Å². The van der Waals surface area contributed by atoms with Crippen molar-refractivity contribution in [1.82, 2.24) is 19.9 Å². The molecule has 166 valence electrons. The summed E-state index contributed by atoms with van der Waals surface area (Å²) in [6.45, 7) is 7.59. The van der Waals surface area contributed by atoms with E-state index in [1.165, 1.54) is 11.3 Å². The number of aromatic nitrogens is 4. The predicted octanol–water partition coefficient (Wildman–Crippen LogP) is 2.29. The van der Waals surface area contributed by atoms with Crippen LogP contribution in [-0.4, -0.2) is 61.1 Å². The highest BCUT2D eigenvalue weighted by atomic mass is 32.1. The van der Waals surface area contributed by atoms with Crippen LogP contribution in [0.3, 0.4) is 0 Å². The number of pyridine rings is 1. The highest BCUT2D eigenvalue weighted by molar-refractivity contribution is 7.21. The zero-order chi connectivity index (χ0) is 22.5. The molecule has 1 aliphatic rings. The number of nitrogens with one attached hydrogen (secondary N) is 1. The van der Waals surface area contributed by atoms with E-state index in [0.717, 1.165) is 26.5 Å². The minimum atomic E-state index is -0.981. The summed E-state index contributed by atoms with van der Waals surface area (Å²) in [5, 5.41) is 25.4. The van der Waals surface area contributed by atoms with Crippen molar-refractivity contribution in [2.24, 2.45) is 5.92 Å². The molecule has 10 heteroatoms. The maximum Gasteiger partial charge on any atom is 0.222 e. The molecule has 1 aliphatic carbocycles. The Bertz CT molecular complexity index is 1120. The maximum atomic E-state index is 10.7. The molecule has 1 fully saturated rings. The van der Waals surface area contributed by atoms with E-state index in [2.05, 4.69) is 20.3 Å². The fourth-order valence-corrected chi connectivity index (χ4v) is 5.35. The molecule has 3 aromatic rings. The zero-order valence-electron chi connectivity index (χ0n) is 18.2. The van der Waals surface area contributed by atoms with Gasteiger partial charge in [0, 0.05) is 19.2 Å². The molecule has 3 aromatic heterocycles. The van der Waals surface area contributed by atoms with Crippen molar-refractivity contribution in [2.75, 3.05) is 18.2 Å². The van der Waals surface area contributed by atoms with Gasteiger partial charge in [-0.25, -0.2) is 9.97 Å². The number of aliphatic hydroxyl groups is 2. The van der Waals surface area contributed by atoms with E-state index in [4.69, 9.17) is 15.5 Å². The van der Waals surface area contributed by atoms with Gasteiger partial charge in [-0.05, 0) is 40.2 Å². The van der Waals surface area contributed by atoms with Crippen molar-refractivity contribution in [2.45, 2.75) is 58.0 Å². The lowest BCUT2D eigenvalue weighted by Gasteiger charge is -2.32. The molecule has 0 spiro atoms. The van der Waals surface area contributed by atoms with Gasteiger partial charge in [-0.3, -0.25) is 4.98 Å². The number of hydrogen-bond acceptors (Lipinski definition) is 10. The molecule has 0 amide bonds. The normalized spacial score (nSPS) is 24.1. The molecule has 1 saturated carbocycles. The average Bonchev–Trinajstić information content (AvgIpc) is 3.25. The second-order valence-electron chi connectivity index (χ2n) is 8.53. The third-order valence-electron chi connectivity index (χ3n) is 6.23. The van der Waals surface area contributed by atoms with E-state index in [9.17, 15) is 10.2 Å². The summed E-state index contributed by atoms with van der Waals surface area (Å²) in [6, 6.07) is 1.50. The first kappa shape index (κ1) is 21.8. The first-order valence-corrected chi connectivity index (χ1v) is 11.0. The second-order valence-corrected chi connectivity index (χ2v) is 9.57. The monoisotopic (exact) mass is 444 g/mol. The molecular weight excluding hydrogens is 416 g/mol. The third-order valence-corrected chi connectivity index (χ3v) is 7.27. The number of aliphatic hydroxyl groups excluding tert-OH is 2. The van der Waals surface area contributed by atoms with Crippen LogP contribution < -0.4 is 11.1 Å². The van der Waals surface area contributed by atoms with Gasteiger partial charge in [0.2, 0.25) is 5.95 Å². The molecule has 0 aliphatic heterocycles. The van der Waals surface area contributed by atoms with Gasteiger partial charge in [-0.1, -0.05) is 0 Å². The molecule has 0 unspecified atom stereocenters. The molecule has 31 heavy (non-hydrogen) atoms. The number of nitrogens with zero attached hydrogens (tertiary/aromatic N) is 4. The lowest BCUT2D eigenvalue weighted by molar-refractivity contribution is -0.0819. The van der Waals surface area contributed by atoms with Gasteiger partial charge in [0.25, 0.3) is 0 Å². The highest BCUT2D eigenvalue weighted by Gasteiger charge is 2.48. The molecule has 4 rings (SSSR count). The third kappa shape index (κ3) is 3.84. The maximum absolute atomic E-state index is 10.7. The van der Waals surface area contributed by atoms with Gasteiger partial charge in [0.1, 0.15) is 22.4 Å². The summed E-state index contributed by atoms with van der Waals surface area (Å²) in [6.07, 6.45) is 0.367. The molecule has 0 aromatic carbocycles. The lowest BCUT2D eigenvalue weighted by atomic mass is 9.87. The summed E-state index contributed by atoms with van der Waals surface area (Å²) >= 11 is 1.52. The van der Waals surface area contributed by atoms with Gasteiger partial charge in [-0.15, -0.1) is 11.3 Å². The SMILES string of the molecule is COC(C)(C)[C@H]1C[C@@H](Nc2nc(N)nc(C)c2-c2nc3c(C)nccc3s2)[C@H](O)[C@@H]1O. The Morgan fingerprint density at radius 1 is 1.16 bits per heavy atom. The summed E-state index contributed by atoms with van der Waals surface area (Å²) < 4.78 is 6.57. The Labute approximate surface area is 184 Å². The number of anilines is 2. The molecule has 0 bridgehead atoms. The van der Waals surface area contributed by atoms with Crippen molar-refractivity contribution in [3.05, 3.63) is 23.7 Å². The first-order valence-electron chi connectivity index (χ1n) is 10.2. The number of rotatable bonds is 5. The van der Waals surface area contributed by atoms with Crippen LogP contribution in [0.15, 0.2) is 12.3 Å². The predicted molar refractivity (Wildman–Crippen MR) is 121 cm³/mol. The quantitative estimate of drug-likeness (QED) is 0.467. The zero-order valence-corrected chi connectivity index (χ0v) is 19.1. The van der Waals surface area contributed by atoms with Gasteiger partial charge in [0.05, 0.1) is 39.4 Å². The van der Waals surface area contributed by atoms with Gasteiger partial charge in [-0.2, -0.15) is 4.98 Å². The molecule has 3 heterocycles. The van der Waals surface area contributed by atoms with Crippen molar-refractivity contribution in [1.29, 1.82) is 0 Å². The number of aryl methyl sites for hydroxylation is 2. The van der Waals surface area contributed by atoms with Crippen LogP contribution in [0.4, 0.5) is 11.8 Å². The van der Waals surface area contributed by atoms with Crippen molar-refractivity contribution in [3.8, 4) is 10.6 Å². The lowest BCUT2D eigenvalue weighted by Crippen LogP contribution is -2.41. The van der Waals surface area contributed by atoms with E-state index in [1.807, 2.05) is 33.8 Å². The number of nitrogens with two attached hydrogens (primary N) is 1. The van der Waals surface area contributed by atoms with Crippen LogP contribution >= 0.6 is 11.3 Å². The summed E-state index contributed by atoms with van der Waals surface area (Å²) in [4.78, 5) is 17.8. The number of methoxy groups -OCH3 is 1. The summed E-state index contributed by atoms with van der Waals surface area (Å²) in [5.74, 6) is 0.371. The van der Waals surface area contributed by atoms with Gasteiger partial charge >= 0.3 is 0 Å². The Morgan fingerprint density at radius 2 is 1.90 bits per heavy atom. The van der Waals surface area contributed by atoms with Crippen molar-refractivity contribution in [3.63, 3.8) is 0 Å². The van der Waals surface area contributed by atoms with Crippen LogP contribution in [-0.2, 0) is 4.74 Å². The van der Waals surface area contributed by atoms with Gasteiger partial charge < -0.3 is 26.0 Å². The minimum Gasteiger partial charge on any atom is -0.390 e. The largest absolute Gasteiger partial charge is 0.390 e. The van der Waals surface area contributed by atoms with Crippen molar-refractivity contribution < 1.29 is 14.9 Å². The molecule has 5 N–H and O–H groups in total. The molecular formula is C21H28N6O3S. The van der Waals surface area contributed by atoms with Gasteiger partial charge in [0.15, 0.2) is 0 Å². The standard InChI is InChI=1S/C21H28N6O3S/c1-9-14(19-26-15-10(2)23-7-6-13(15)31-19)18(27-20(22)24-9)25-12-8-11(16(28)17(12)29)21(3,4)30-5/h6-7,11-12,16-17,28-29H,8H2,1-5H3,(H3,22,24,25,27)/t11-,12+,16+,17-/m0/s1. The summed E-state index contributed by atoms with van der Waals surface area (Å²) in [5.41, 5.74) is 8.45. The van der Waals surface area contributed by atoms with Crippen molar-refractivity contribution >= 4 is 33.3 Å². The molecule has 9 nitrogen and oxygen atoms in total. The Kier molecular flexibility index (Phi) is 5.59. The smallest absolute Gasteiger partial charge is 0.222 e. The van der Waals surface area contributed by atoms with E-state index in [0.29, 0.717) is 17.9 Å². The van der Waals surface area contributed by atoms with E-state index in [1.54, 1.807) is 13.3 Å². The van der Waals surface area contributed by atoms with E-state index in [-0.39, 0.29) is 11.9 Å². The van der Waals surface area contributed by atoms with E-state index < -0.39 is 23.9 Å². The molecule has 0 radical (unpaired) electrons. The van der Waals surface area contributed by atoms with Crippen LogP contribution in [0.5, 0.6) is 0 Å². The summed E-state index contributed by atoms with van der Waals surface area (Å²) in [7, 11) is 1.61. The van der Waals surface area contributed by atoms with Crippen LogP contribution in [0.25, 0.3) is 20.8 Å². The molecule has 4 atom stereocenters. The highest BCUT2D eigenvalue weighted by Crippen LogP contribution is 2.40. The van der Waals surface area contributed by atoms with E-state index >= 15 is 0 Å².